The Labute approximate surface area is 265 Å². The number of nitro benzene ring substituents is 1. The highest BCUT2D eigenvalue weighted by Crippen LogP contribution is 2.36. The molecule has 6 rings (SSSR count). The predicted molar refractivity (Wildman–Crippen MR) is 174 cm³/mol. The molecule has 0 aliphatic rings. The minimum absolute atomic E-state index is 0.0958. The maximum Gasteiger partial charge on any atom is 0.313 e. The summed E-state index contributed by atoms with van der Waals surface area (Å²) in [5.74, 6) is 0.103. The Hall–Kier alpha value is -6.01. The molecule has 13 heteroatoms. The second-order valence-electron chi connectivity index (χ2n) is 10.1. The number of rotatable bonds is 9. The molecule has 46 heavy (non-hydrogen) atoms. The van der Waals surface area contributed by atoms with E-state index in [9.17, 15) is 19.7 Å². The van der Waals surface area contributed by atoms with Crippen LogP contribution in [-0.4, -0.2) is 40.4 Å². The van der Waals surface area contributed by atoms with Crippen LogP contribution >= 0.6 is 11.6 Å². The summed E-state index contributed by atoms with van der Waals surface area (Å²) in [4.78, 5) is 42.1. The number of nitro groups is 1. The van der Waals surface area contributed by atoms with E-state index in [4.69, 9.17) is 25.5 Å². The molecule has 12 nitrogen and oxygen atoms in total. The number of aromatic nitrogens is 2. The summed E-state index contributed by atoms with van der Waals surface area (Å²) in [6.07, 6.45) is 1.23. The molecule has 0 unspecified atom stereocenters. The standard InChI is InChI=1S/C33H24ClN5O7/c1-19-8-3-5-10-24(19)36-30(40)18-45-31-23(34)14-20(15-26(31)39(42)43)17-35-38-32(37-25-11-6-4-9-21(25)33(38)41)29-16-22-27(44-2)12-7-13-28(22)46-29/h3-17H,18H2,1-2H3,(H,36,40). The zero-order valence-electron chi connectivity index (χ0n) is 24.4. The molecular formula is C33H24ClN5O7. The highest BCUT2D eigenvalue weighted by molar-refractivity contribution is 6.32. The topological polar surface area (TPSA) is 151 Å². The lowest BCUT2D eigenvalue weighted by Gasteiger charge is -2.11. The lowest BCUT2D eigenvalue weighted by Crippen LogP contribution is -2.21. The molecule has 0 spiro atoms. The third-order valence-electron chi connectivity index (χ3n) is 7.05. The van der Waals surface area contributed by atoms with Gasteiger partial charge in [0.05, 0.1) is 39.6 Å². The number of halogens is 1. The predicted octanol–water partition coefficient (Wildman–Crippen LogP) is 6.59. The van der Waals surface area contributed by atoms with Gasteiger partial charge in [-0.1, -0.05) is 48.0 Å². The van der Waals surface area contributed by atoms with Gasteiger partial charge >= 0.3 is 5.69 Å². The van der Waals surface area contributed by atoms with Crippen LogP contribution in [0.25, 0.3) is 33.5 Å². The summed E-state index contributed by atoms with van der Waals surface area (Å²) in [7, 11) is 1.54. The van der Waals surface area contributed by atoms with Crippen molar-refractivity contribution in [2.45, 2.75) is 6.92 Å². The molecule has 0 fully saturated rings. The van der Waals surface area contributed by atoms with Crippen LogP contribution in [0, 0.1) is 17.0 Å². The van der Waals surface area contributed by atoms with Gasteiger partial charge in [0.25, 0.3) is 11.5 Å². The monoisotopic (exact) mass is 637 g/mol. The number of carbonyl (C=O) groups excluding carboxylic acids is 1. The van der Waals surface area contributed by atoms with Crippen LogP contribution in [0.3, 0.4) is 0 Å². The highest BCUT2D eigenvalue weighted by atomic mass is 35.5. The lowest BCUT2D eigenvalue weighted by molar-refractivity contribution is -0.385. The van der Waals surface area contributed by atoms with Crippen LogP contribution in [0.2, 0.25) is 5.02 Å². The number of aryl methyl sites for hydroxylation is 1. The largest absolute Gasteiger partial charge is 0.496 e. The molecule has 230 valence electrons. The van der Waals surface area contributed by atoms with Gasteiger partial charge in [-0.05, 0) is 55.0 Å². The molecule has 0 aliphatic carbocycles. The molecule has 0 saturated carbocycles. The van der Waals surface area contributed by atoms with Gasteiger partial charge in [0.2, 0.25) is 11.6 Å². The van der Waals surface area contributed by atoms with E-state index < -0.39 is 28.7 Å². The van der Waals surface area contributed by atoms with Crippen molar-refractivity contribution in [1.29, 1.82) is 0 Å². The van der Waals surface area contributed by atoms with Gasteiger partial charge in [0, 0.05) is 17.3 Å². The van der Waals surface area contributed by atoms with E-state index in [-0.39, 0.29) is 27.9 Å². The normalized spacial score (nSPS) is 11.3. The van der Waals surface area contributed by atoms with Crippen molar-refractivity contribution in [2.24, 2.45) is 5.10 Å². The number of methoxy groups -OCH3 is 1. The van der Waals surface area contributed by atoms with Crippen molar-refractivity contribution in [3.63, 3.8) is 0 Å². The number of ether oxygens (including phenoxy) is 2. The Kier molecular flexibility index (Phi) is 8.19. The van der Waals surface area contributed by atoms with Crippen LogP contribution in [0.5, 0.6) is 11.5 Å². The molecule has 0 atom stereocenters. The van der Waals surface area contributed by atoms with Gasteiger partial charge < -0.3 is 19.2 Å². The molecular weight excluding hydrogens is 614 g/mol. The number of amides is 1. The molecule has 0 bridgehead atoms. The van der Waals surface area contributed by atoms with Crippen molar-refractivity contribution >= 4 is 57.0 Å². The molecule has 0 saturated heterocycles. The van der Waals surface area contributed by atoms with Crippen LogP contribution in [0.15, 0.2) is 99.2 Å². The minimum Gasteiger partial charge on any atom is -0.496 e. The van der Waals surface area contributed by atoms with E-state index in [1.54, 1.807) is 60.7 Å². The number of hydrogen-bond acceptors (Lipinski definition) is 9. The summed E-state index contributed by atoms with van der Waals surface area (Å²) >= 11 is 6.41. The van der Waals surface area contributed by atoms with E-state index in [0.717, 1.165) is 10.2 Å². The molecule has 0 radical (unpaired) electrons. The first kappa shape index (κ1) is 30.0. The second kappa shape index (κ2) is 12.5. The maximum atomic E-state index is 13.6. The summed E-state index contributed by atoms with van der Waals surface area (Å²) in [6, 6.07) is 23.5. The van der Waals surface area contributed by atoms with Crippen molar-refractivity contribution in [1.82, 2.24) is 9.66 Å². The van der Waals surface area contributed by atoms with Crippen LogP contribution in [-0.2, 0) is 4.79 Å². The maximum absolute atomic E-state index is 13.6. The Morgan fingerprint density at radius 1 is 1.09 bits per heavy atom. The minimum atomic E-state index is -0.686. The van der Waals surface area contributed by atoms with E-state index in [0.29, 0.717) is 33.3 Å². The first-order valence-electron chi connectivity index (χ1n) is 13.8. The number of furan rings is 1. The van der Waals surface area contributed by atoms with Crippen molar-refractivity contribution in [2.75, 3.05) is 19.0 Å². The summed E-state index contributed by atoms with van der Waals surface area (Å²) in [6.45, 7) is 1.31. The van der Waals surface area contributed by atoms with E-state index >= 15 is 0 Å². The van der Waals surface area contributed by atoms with Crippen LogP contribution in [0.4, 0.5) is 11.4 Å². The molecule has 2 heterocycles. The van der Waals surface area contributed by atoms with E-state index in [1.807, 2.05) is 19.1 Å². The Morgan fingerprint density at radius 3 is 2.65 bits per heavy atom. The number of para-hydroxylation sites is 2. The fraction of sp³-hybridized carbons (Fsp3) is 0.0909. The number of nitrogens with zero attached hydrogens (tertiary/aromatic N) is 4. The fourth-order valence-corrected chi connectivity index (χ4v) is 5.10. The first-order chi connectivity index (χ1) is 22.2. The average Bonchev–Trinajstić information content (AvgIpc) is 3.49. The van der Waals surface area contributed by atoms with Crippen molar-refractivity contribution in [3.8, 4) is 23.1 Å². The molecule has 6 aromatic rings. The SMILES string of the molecule is COc1cccc2oc(-c3nc4ccccc4c(=O)n3N=Cc3cc(Cl)c(OCC(=O)Nc4ccccc4C)c([N+](=O)[O-])c3)cc12. The number of benzene rings is 4. The van der Waals surface area contributed by atoms with Crippen molar-refractivity contribution < 1.29 is 23.6 Å². The molecule has 1 N–H and O–H groups in total. The molecule has 1 amide bonds. The van der Waals surface area contributed by atoms with Crippen LogP contribution < -0.4 is 20.3 Å². The Morgan fingerprint density at radius 2 is 1.87 bits per heavy atom. The third kappa shape index (κ3) is 5.88. The Balaban J connectivity index is 1.36. The second-order valence-corrected chi connectivity index (χ2v) is 10.5. The first-order valence-corrected chi connectivity index (χ1v) is 14.2. The lowest BCUT2D eigenvalue weighted by atomic mass is 10.2. The highest BCUT2D eigenvalue weighted by Gasteiger charge is 2.22. The summed E-state index contributed by atoms with van der Waals surface area (Å²) < 4.78 is 18.0. The van der Waals surface area contributed by atoms with E-state index in [2.05, 4.69) is 15.4 Å². The number of anilines is 1. The fourth-order valence-electron chi connectivity index (χ4n) is 4.83. The van der Waals surface area contributed by atoms with Gasteiger partial charge in [-0.3, -0.25) is 19.7 Å². The number of nitrogens with one attached hydrogen (secondary N) is 1. The van der Waals surface area contributed by atoms with Crippen molar-refractivity contribution in [3.05, 3.63) is 122 Å². The Bertz CT molecular complexity index is 2240. The van der Waals surface area contributed by atoms with Gasteiger partial charge in [0.15, 0.2) is 12.4 Å². The number of fused-ring (bicyclic) bond motifs is 2. The molecule has 2 aromatic heterocycles. The smallest absolute Gasteiger partial charge is 0.313 e. The van der Waals surface area contributed by atoms with E-state index in [1.165, 1.54) is 25.5 Å². The number of hydrogen-bond donors (Lipinski definition) is 1. The molecule has 4 aromatic carbocycles. The number of carbonyl (C=O) groups is 1. The van der Waals surface area contributed by atoms with Gasteiger partial charge in [-0.25, -0.2) is 4.98 Å². The summed E-state index contributed by atoms with van der Waals surface area (Å²) in [5.41, 5.74) is 1.56. The molecule has 0 aliphatic heterocycles. The quantitative estimate of drug-likeness (QED) is 0.106. The zero-order chi connectivity index (χ0) is 32.4. The third-order valence-corrected chi connectivity index (χ3v) is 7.33. The summed E-state index contributed by atoms with van der Waals surface area (Å²) in [5, 5.41) is 19.9. The van der Waals surface area contributed by atoms with Gasteiger partial charge in [-0.15, -0.1) is 0 Å². The zero-order valence-corrected chi connectivity index (χ0v) is 25.1. The van der Waals surface area contributed by atoms with Gasteiger partial charge in [-0.2, -0.15) is 9.78 Å². The average molecular weight is 638 g/mol. The van der Waals surface area contributed by atoms with Crippen LogP contribution in [0.1, 0.15) is 11.1 Å². The van der Waals surface area contributed by atoms with Gasteiger partial charge in [0.1, 0.15) is 11.3 Å².